The number of carbonyl (C=O) groups is 1. The van der Waals surface area contributed by atoms with Crippen LogP contribution in [0.2, 0.25) is 0 Å². The first-order chi connectivity index (χ1) is 15.0. The monoisotopic (exact) mass is 446 g/mol. The number of unbranched alkanes of at least 4 members (excludes halogenated alkanes) is 1. The maximum absolute atomic E-state index is 13.3. The van der Waals surface area contributed by atoms with Crippen molar-refractivity contribution >= 4 is 21.6 Å². The Hall–Kier alpha value is -2.58. The first kappa shape index (κ1) is 23.1. The van der Waals surface area contributed by atoms with Crippen LogP contribution in [0.4, 0.5) is 5.69 Å². The van der Waals surface area contributed by atoms with Crippen LogP contribution in [0.25, 0.3) is 0 Å². The fourth-order valence-corrected chi connectivity index (χ4v) is 5.06. The van der Waals surface area contributed by atoms with E-state index in [-0.39, 0.29) is 16.4 Å². The fraction of sp³-hybridized carbons (Fsp3) is 0.435. The Kier molecular flexibility index (Phi) is 7.92. The number of sulfonamides is 1. The number of rotatable bonds is 11. The number of carbonyl (C=O) groups excluding carboxylic acids is 1. The number of anilines is 1. The molecule has 0 saturated heterocycles. The van der Waals surface area contributed by atoms with E-state index in [2.05, 4.69) is 12.2 Å². The molecule has 2 aromatic carbocycles. The summed E-state index contributed by atoms with van der Waals surface area (Å²) in [6, 6.07) is 11.9. The number of amides is 1. The molecule has 0 spiro atoms. The van der Waals surface area contributed by atoms with Gasteiger partial charge in [0.15, 0.2) is 0 Å². The lowest BCUT2D eigenvalue weighted by Crippen LogP contribution is -2.30. The summed E-state index contributed by atoms with van der Waals surface area (Å²) in [5.74, 6) is -0.0400. The third kappa shape index (κ3) is 5.37. The first-order valence-corrected chi connectivity index (χ1v) is 12.1. The molecule has 0 fully saturated rings. The topological polar surface area (TPSA) is 84.9 Å². The molecule has 168 valence electrons. The van der Waals surface area contributed by atoms with Crippen LogP contribution in [0.3, 0.4) is 0 Å². The molecule has 0 atom stereocenters. The summed E-state index contributed by atoms with van der Waals surface area (Å²) in [4.78, 5) is 12.8. The molecular formula is C23H30N2O5S. The molecule has 0 radical (unpaired) electrons. The number of hydrogen-bond acceptors (Lipinski definition) is 5. The van der Waals surface area contributed by atoms with Crippen molar-refractivity contribution in [2.75, 3.05) is 37.7 Å². The highest BCUT2D eigenvalue weighted by molar-refractivity contribution is 7.92. The van der Waals surface area contributed by atoms with Crippen LogP contribution < -0.4 is 14.4 Å². The Morgan fingerprint density at radius 2 is 1.90 bits per heavy atom. The van der Waals surface area contributed by atoms with Gasteiger partial charge in [0.25, 0.3) is 15.9 Å². The van der Waals surface area contributed by atoms with Crippen LogP contribution in [0.5, 0.6) is 5.75 Å². The lowest BCUT2D eigenvalue weighted by molar-refractivity contribution is 0.0937. The zero-order chi connectivity index (χ0) is 22.3. The molecule has 0 aromatic heterocycles. The van der Waals surface area contributed by atoms with Gasteiger partial charge in [0.05, 0.1) is 23.3 Å². The van der Waals surface area contributed by atoms with Gasteiger partial charge in [0.1, 0.15) is 5.75 Å². The van der Waals surface area contributed by atoms with E-state index in [4.69, 9.17) is 9.47 Å². The van der Waals surface area contributed by atoms with Crippen molar-refractivity contribution in [3.8, 4) is 5.75 Å². The van der Waals surface area contributed by atoms with Gasteiger partial charge in [-0.15, -0.1) is 0 Å². The molecule has 2 aromatic rings. The Morgan fingerprint density at radius 3 is 2.68 bits per heavy atom. The van der Waals surface area contributed by atoms with Crippen molar-refractivity contribution in [3.05, 3.63) is 53.6 Å². The number of ether oxygens (including phenoxy) is 2. The smallest absolute Gasteiger partial charge is 0.264 e. The second kappa shape index (κ2) is 10.6. The highest BCUT2D eigenvalue weighted by Crippen LogP contribution is 2.33. The second-order valence-corrected chi connectivity index (χ2v) is 9.26. The van der Waals surface area contributed by atoms with Crippen molar-refractivity contribution in [2.45, 2.75) is 37.5 Å². The summed E-state index contributed by atoms with van der Waals surface area (Å²) in [5.41, 5.74) is 1.88. The Morgan fingerprint density at radius 1 is 1.13 bits per heavy atom. The molecule has 1 aliphatic heterocycles. The molecule has 1 heterocycles. The molecule has 7 nitrogen and oxygen atoms in total. The third-order valence-electron chi connectivity index (χ3n) is 5.24. The van der Waals surface area contributed by atoms with Gasteiger partial charge in [-0.25, -0.2) is 8.42 Å². The Labute approximate surface area is 184 Å². The Balaban J connectivity index is 1.72. The van der Waals surface area contributed by atoms with E-state index in [1.807, 2.05) is 18.2 Å². The zero-order valence-electron chi connectivity index (χ0n) is 18.1. The molecule has 1 aliphatic rings. The number of para-hydroxylation sites is 1. The molecule has 8 heteroatoms. The maximum atomic E-state index is 13.3. The summed E-state index contributed by atoms with van der Waals surface area (Å²) < 4.78 is 38.8. The number of methoxy groups -OCH3 is 1. The minimum Gasteiger partial charge on any atom is -0.496 e. The molecule has 0 aliphatic carbocycles. The van der Waals surface area contributed by atoms with Gasteiger partial charge < -0.3 is 14.8 Å². The van der Waals surface area contributed by atoms with Crippen LogP contribution in [0.1, 0.15) is 42.1 Å². The quantitative estimate of drug-likeness (QED) is 0.535. The SMILES string of the molecule is CCCCOCCCNC(=O)c1cc(S(=O)(=O)N2CCc3ccccc32)ccc1OC. The van der Waals surface area contributed by atoms with Gasteiger partial charge in [-0.3, -0.25) is 9.10 Å². The van der Waals surface area contributed by atoms with Crippen molar-refractivity contribution in [1.82, 2.24) is 5.32 Å². The van der Waals surface area contributed by atoms with Gasteiger partial charge in [0.2, 0.25) is 0 Å². The van der Waals surface area contributed by atoms with Crippen molar-refractivity contribution in [3.63, 3.8) is 0 Å². The standard InChI is InChI=1S/C23H30N2O5S/c1-3-4-15-30-16-7-13-24-23(26)20-17-19(10-11-22(20)29-2)31(27,28)25-14-12-18-8-5-6-9-21(18)25/h5-6,8-11,17H,3-4,7,12-16H2,1-2H3,(H,24,26). The first-order valence-electron chi connectivity index (χ1n) is 10.6. The number of benzene rings is 2. The van der Waals surface area contributed by atoms with Crippen LogP contribution in [0, 0.1) is 0 Å². The van der Waals surface area contributed by atoms with E-state index in [0.29, 0.717) is 44.0 Å². The molecule has 31 heavy (non-hydrogen) atoms. The van der Waals surface area contributed by atoms with E-state index in [9.17, 15) is 13.2 Å². The maximum Gasteiger partial charge on any atom is 0.264 e. The van der Waals surface area contributed by atoms with Crippen molar-refractivity contribution in [1.29, 1.82) is 0 Å². The second-order valence-electron chi connectivity index (χ2n) is 7.39. The normalized spacial score (nSPS) is 13.2. The predicted octanol–water partition coefficient (Wildman–Crippen LogP) is 3.38. The number of hydrogen-bond donors (Lipinski definition) is 1. The largest absolute Gasteiger partial charge is 0.496 e. The van der Waals surface area contributed by atoms with Crippen LogP contribution in [0.15, 0.2) is 47.4 Å². The summed E-state index contributed by atoms with van der Waals surface area (Å²) in [6.07, 6.45) is 3.45. The number of nitrogens with one attached hydrogen (secondary N) is 1. The highest BCUT2D eigenvalue weighted by Gasteiger charge is 2.31. The molecule has 1 amide bonds. The molecule has 0 unspecified atom stereocenters. The Bertz CT molecular complexity index is 1010. The highest BCUT2D eigenvalue weighted by atomic mass is 32.2. The van der Waals surface area contributed by atoms with Crippen LogP contribution >= 0.6 is 0 Å². The van der Waals surface area contributed by atoms with Crippen LogP contribution in [-0.4, -0.2) is 47.7 Å². The van der Waals surface area contributed by atoms with E-state index in [1.165, 1.54) is 29.6 Å². The summed E-state index contributed by atoms with van der Waals surface area (Å²) in [5, 5.41) is 2.82. The number of nitrogens with zero attached hydrogens (tertiary/aromatic N) is 1. The third-order valence-corrected chi connectivity index (χ3v) is 7.05. The molecule has 0 saturated carbocycles. The molecule has 3 rings (SSSR count). The van der Waals surface area contributed by atoms with Gasteiger partial charge in [-0.05, 0) is 49.1 Å². The van der Waals surface area contributed by atoms with Gasteiger partial charge in [0, 0.05) is 26.3 Å². The minimum atomic E-state index is -3.79. The van der Waals surface area contributed by atoms with Gasteiger partial charge >= 0.3 is 0 Å². The number of fused-ring (bicyclic) bond motifs is 1. The van der Waals surface area contributed by atoms with Gasteiger partial charge in [-0.1, -0.05) is 31.5 Å². The van der Waals surface area contributed by atoms with Gasteiger partial charge in [-0.2, -0.15) is 0 Å². The van der Waals surface area contributed by atoms with Crippen molar-refractivity contribution in [2.24, 2.45) is 0 Å². The minimum absolute atomic E-state index is 0.0676. The van der Waals surface area contributed by atoms with E-state index in [1.54, 1.807) is 6.07 Å². The van der Waals surface area contributed by atoms with Crippen LogP contribution in [-0.2, 0) is 21.2 Å². The summed E-state index contributed by atoms with van der Waals surface area (Å²) >= 11 is 0. The molecule has 1 N–H and O–H groups in total. The lowest BCUT2D eigenvalue weighted by atomic mass is 10.2. The molecular weight excluding hydrogens is 416 g/mol. The summed E-state index contributed by atoms with van der Waals surface area (Å²) in [7, 11) is -2.34. The lowest BCUT2D eigenvalue weighted by Gasteiger charge is -2.20. The predicted molar refractivity (Wildman–Crippen MR) is 120 cm³/mol. The van der Waals surface area contributed by atoms with E-state index in [0.717, 1.165) is 25.0 Å². The average Bonchev–Trinajstić information content (AvgIpc) is 3.23. The molecule has 0 bridgehead atoms. The summed E-state index contributed by atoms with van der Waals surface area (Å²) in [6.45, 7) is 4.21. The van der Waals surface area contributed by atoms with E-state index < -0.39 is 10.0 Å². The fourth-order valence-electron chi connectivity index (χ4n) is 3.53. The van der Waals surface area contributed by atoms with Crippen molar-refractivity contribution < 1.29 is 22.7 Å². The zero-order valence-corrected chi connectivity index (χ0v) is 18.9. The van der Waals surface area contributed by atoms with E-state index >= 15 is 0 Å². The average molecular weight is 447 g/mol.